The highest BCUT2D eigenvalue weighted by Gasteiger charge is 2.14. The Kier molecular flexibility index (Phi) is 4.98. The molecule has 1 unspecified atom stereocenters. The summed E-state index contributed by atoms with van der Waals surface area (Å²) in [6.45, 7) is 8.50. The average molecular weight is 220 g/mol. The zero-order chi connectivity index (χ0) is 9.02. The summed E-state index contributed by atoms with van der Waals surface area (Å²) in [6.07, 6.45) is 1.07. The minimum absolute atomic E-state index is 0.280. The van der Waals surface area contributed by atoms with Crippen molar-refractivity contribution >= 4 is 21.6 Å². The molecule has 1 nitrogen and oxygen atoms in total. The van der Waals surface area contributed by atoms with E-state index in [1.807, 2.05) is 0 Å². The van der Waals surface area contributed by atoms with Crippen LogP contribution in [0.5, 0.6) is 0 Å². The third kappa shape index (κ3) is 4.57. The molecule has 0 heterocycles. The Bertz CT molecular complexity index is 130. The molecule has 1 atom stereocenters. The summed E-state index contributed by atoms with van der Waals surface area (Å²) >= 11 is 3.52. The average Bonchev–Trinajstić information content (AvgIpc) is 1.84. The molecule has 0 aliphatic rings. The van der Waals surface area contributed by atoms with Crippen LogP contribution in [0.25, 0.3) is 0 Å². The maximum atomic E-state index is 7.70. The van der Waals surface area contributed by atoms with Crippen molar-refractivity contribution in [3.8, 4) is 0 Å². The molecule has 0 fully saturated rings. The summed E-state index contributed by atoms with van der Waals surface area (Å²) in [6, 6.07) is 0. The monoisotopic (exact) mass is 219 g/mol. The van der Waals surface area contributed by atoms with Crippen molar-refractivity contribution in [2.75, 3.05) is 0 Å². The van der Waals surface area contributed by atoms with Gasteiger partial charge in [0.2, 0.25) is 0 Å². The van der Waals surface area contributed by atoms with Gasteiger partial charge in [-0.3, -0.25) is 0 Å². The highest BCUT2D eigenvalue weighted by atomic mass is 79.9. The molecule has 0 saturated heterocycles. The van der Waals surface area contributed by atoms with E-state index in [-0.39, 0.29) is 4.83 Å². The summed E-state index contributed by atoms with van der Waals surface area (Å²) in [5.74, 6) is 1.04. The Labute approximate surface area is 78.2 Å². The van der Waals surface area contributed by atoms with E-state index < -0.39 is 0 Å². The number of hydrogen-bond donors (Lipinski definition) is 1. The summed E-state index contributed by atoms with van der Waals surface area (Å²) in [5, 5.41) is 7.70. The summed E-state index contributed by atoms with van der Waals surface area (Å²) in [5.41, 5.74) is 0.818. The maximum Gasteiger partial charge on any atom is 0.0526 e. The first-order valence-electron chi connectivity index (χ1n) is 4.17. The number of nitrogens with one attached hydrogen (secondary N) is 1. The molecular weight excluding hydrogens is 202 g/mol. The number of rotatable bonds is 4. The van der Waals surface area contributed by atoms with Crippen molar-refractivity contribution < 1.29 is 0 Å². The molecule has 0 aliphatic carbocycles. The van der Waals surface area contributed by atoms with Crippen molar-refractivity contribution in [1.82, 2.24) is 0 Å². The molecule has 0 radical (unpaired) electrons. The van der Waals surface area contributed by atoms with E-state index in [1.165, 1.54) is 0 Å². The minimum atomic E-state index is 0.280. The first kappa shape index (κ1) is 11.2. The lowest BCUT2D eigenvalue weighted by molar-refractivity contribution is 0.605. The van der Waals surface area contributed by atoms with E-state index >= 15 is 0 Å². The van der Waals surface area contributed by atoms with Crippen LogP contribution in [0.15, 0.2) is 0 Å². The maximum absolute atomic E-state index is 7.70. The predicted molar refractivity (Wildman–Crippen MR) is 54.7 cm³/mol. The standard InChI is InChI=1S/C9H18BrN/c1-6(2)5-8(10)9(11)7(3)4/h6-8,11H,5H2,1-4H3. The number of alkyl halides is 1. The van der Waals surface area contributed by atoms with Gasteiger partial charge in [0, 0.05) is 5.71 Å². The van der Waals surface area contributed by atoms with E-state index in [2.05, 4.69) is 43.6 Å². The van der Waals surface area contributed by atoms with Crippen molar-refractivity contribution in [3.05, 3.63) is 0 Å². The molecule has 0 bridgehead atoms. The van der Waals surface area contributed by atoms with E-state index in [0.717, 1.165) is 12.1 Å². The highest BCUT2D eigenvalue weighted by molar-refractivity contribution is 9.10. The third-order valence-electron chi connectivity index (χ3n) is 1.64. The van der Waals surface area contributed by atoms with Crippen LogP contribution in [0.3, 0.4) is 0 Å². The Balaban J connectivity index is 3.83. The Morgan fingerprint density at radius 3 is 2.00 bits per heavy atom. The number of hydrogen-bond acceptors (Lipinski definition) is 1. The van der Waals surface area contributed by atoms with Gasteiger partial charge >= 0.3 is 0 Å². The molecule has 0 aromatic carbocycles. The van der Waals surface area contributed by atoms with Crippen LogP contribution in [0.1, 0.15) is 34.1 Å². The smallest absolute Gasteiger partial charge is 0.0526 e. The van der Waals surface area contributed by atoms with Gasteiger partial charge in [-0.1, -0.05) is 43.6 Å². The quantitative estimate of drug-likeness (QED) is 0.554. The Morgan fingerprint density at radius 2 is 1.73 bits per heavy atom. The second kappa shape index (κ2) is 4.91. The number of halogens is 1. The topological polar surface area (TPSA) is 23.9 Å². The molecule has 0 aromatic heterocycles. The van der Waals surface area contributed by atoms with Crippen molar-refractivity contribution in [2.45, 2.75) is 38.9 Å². The highest BCUT2D eigenvalue weighted by Crippen LogP contribution is 2.17. The second-order valence-corrected chi connectivity index (χ2v) is 4.81. The van der Waals surface area contributed by atoms with Gasteiger partial charge in [0.15, 0.2) is 0 Å². The molecule has 0 aromatic rings. The lowest BCUT2D eigenvalue weighted by Crippen LogP contribution is -2.20. The van der Waals surface area contributed by atoms with Gasteiger partial charge in [-0.25, -0.2) is 0 Å². The molecule has 1 N–H and O–H groups in total. The molecule has 11 heavy (non-hydrogen) atoms. The molecule has 0 amide bonds. The van der Waals surface area contributed by atoms with E-state index in [4.69, 9.17) is 5.41 Å². The zero-order valence-electron chi connectivity index (χ0n) is 7.82. The van der Waals surface area contributed by atoms with Gasteiger partial charge in [-0.15, -0.1) is 0 Å². The van der Waals surface area contributed by atoms with Crippen LogP contribution in [-0.2, 0) is 0 Å². The van der Waals surface area contributed by atoms with Gasteiger partial charge < -0.3 is 5.41 Å². The first-order chi connectivity index (χ1) is 4.95. The molecule has 0 rings (SSSR count). The fraction of sp³-hybridized carbons (Fsp3) is 0.889. The van der Waals surface area contributed by atoms with Crippen molar-refractivity contribution in [2.24, 2.45) is 11.8 Å². The zero-order valence-corrected chi connectivity index (χ0v) is 9.40. The van der Waals surface area contributed by atoms with Gasteiger partial charge in [0.25, 0.3) is 0 Å². The summed E-state index contributed by atoms with van der Waals surface area (Å²) in [7, 11) is 0. The summed E-state index contributed by atoms with van der Waals surface area (Å²) < 4.78 is 0. The summed E-state index contributed by atoms with van der Waals surface area (Å²) in [4.78, 5) is 0.280. The fourth-order valence-corrected chi connectivity index (χ4v) is 2.18. The third-order valence-corrected chi connectivity index (χ3v) is 2.50. The van der Waals surface area contributed by atoms with Crippen LogP contribution in [0, 0.1) is 17.2 Å². The lowest BCUT2D eigenvalue weighted by Gasteiger charge is -2.15. The molecular formula is C9H18BrN. The van der Waals surface area contributed by atoms with E-state index in [1.54, 1.807) is 0 Å². The minimum Gasteiger partial charge on any atom is -0.308 e. The first-order valence-corrected chi connectivity index (χ1v) is 5.09. The predicted octanol–water partition coefficient (Wildman–Crippen LogP) is 3.47. The van der Waals surface area contributed by atoms with Gasteiger partial charge in [-0.05, 0) is 18.3 Å². The molecule has 0 spiro atoms. The second-order valence-electron chi connectivity index (χ2n) is 3.71. The van der Waals surface area contributed by atoms with Crippen LogP contribution in [0.2, 0.25) is 0 Å². The normalized spacial score (nSPS) is 14.1. The van der Waals surface area contributed by atoms with Crippen molar-refractivity contribution in [1.29, 1.82) is 5.41 Å². The molecule has 0 aliphatic heterocycles. The SMILES string of the molecule is CC(C)CC(Br)C(=N)C(C)C. The molecule has 0 saturated carbocycles. The van der Waals surface area contributed by atoms with Crippen molar-refractivity contribution in [3.63, 3.8) is 0 Å². The van der Waals surface area contributed by atoms with Crippen LogP contribution < -0.4 is 0 Å². The largest absolute Gasteiger partial charge is 0.308 e. The van der Waals surface area contributed by atoms with Crippen LogP contribution in [0.4, 0.5) is 0 Å². The van der Waals surface area contributed by atoms with Crippen LogP contribution >= 0.6 is 15.9 Å². The Hall–Kier alpha value is 0.150. The van der Waals surface area contributed by atoms with E-state index in [9.17, 15) is 0 Å². The molecule has 66 valence electrons. The van der Waals surface area contributed by atoms with E-state index in [0.29, 0.717) is 11.8 Å². The van der Waals surface area contributed by atoms with Gasteiger partial charge in [-0.2, -0.15) is 0 Å². The van der Waals surface area contributed by atoms with Gasteiger partial charge in [0.05, 0.1) is 4.83 Å². The van der Waals surface area contributed by atoms with Gasteiger partial charge in [0.1, 0.15) is 0 Å². The fourth-order valence-electron chi connectivity index (χ4n) is 0.903. The van der Waals surface area contributed by atoms with Crippen LogP contribution in [-0.4, -0.2) is 10.5 Å². The molecule has 2 heteroatoms. The Morgan fingerprint density at radius 1 is 1.27 bits per heavy atom. The lowest BCUT2D eigenvalue weighted by atomic mass is 9.99.